The van der Waals surface area contributed by atoms with Crippen LogP contribution in [-0.4, -0.2) is 46.7 Å². The molecule has 1 aromatic carbocycles. The number of nitrogens with one attached hydrogen (secondary N) is 2. The molecule has 24 heavy (non-hydrogen) atoms. The van der Waals surface area contributed by atoms with E-state index in [9.17, 15) is 32.3 Å². The third kappa shape index (κ3) is 3.85. The van der Waals surface area contributed by atoms with Crippen LogP contribution in [0.3, 0.4) is 0 Å². The minimum atomic E-state index is -1.78. The van der Waals surface area contributed by atoms with Crippen molar-refractivity contribution in [3.05, 3.63) is 29.6 Å². The largest absolute Gasteiger partial charge is 0.346 e. The molecular formula is C13H10F3N3O4S. The maximum Gasteiger partial charge on any atom is 0.313 e. The van der Waals surface area contributed by atoms with Crippen molar-refractivity contribution in [3.8, 4) is 0 Å². The molecule has 0 bridgehead atoms. The van der Waals surface area contributed by atoms with E-state index in [0.29, 0.717) is 6.07 Å². The number of amides is 4. The molecule has 4 amide bonds. The van der Waals surface area contributed by atoms with Gasteiger partial charge in [-0.15, -0.1) is 0 Å². The van der Waals surface area contributed by atoms with Crippen LogP contribution in [0.5, 0.6) is 0 Å². The third-order valence-corrected chi connectivity index (χ3v) is 3.81. The average molecular weight is 361 g/mol. The van der Waals surface area contributed by atoms with Crippen molar-refractivity contribution in [2.45, 2.75) is 0 Å². The van der Waals surface area contributed by atoms with Gasteiger partial charge in [0.05, 0.1) is 11.4 Å². The monoisotopic (exact) mass is 361 g/mol. The van der Waals surface area contributed by atoms with Crippen molar-refractivity contribution in [1.29, 1.82) is 0 Å². The van der Waals surface area contributed by atoms with Crippen molar-refractivity contribution in [2.24, 2.45) is 0 Å². The minimum Gasteiger partial charge on any atom is -0.346 e. The summed E-state index contributed by atoms with van der Waals surface area (Å²) in [5.74, 6) is -7.75. The van der Waals surface area contributed by atoms with E-state index in [1.54, 1.807) is 5.32 Å². The second-order valence-corrected chi connectivity index (χ2v) is 5.46. The quantitative estimate of drug-likeness (QED) is 0.613. The van der Waals surface area contributed by atoms with E-state index < -0.39 is 46.1 Å². The van der Waals surface area contributed by atoms with Gasteiger partial charge in [0.15, 0.2) is 17.5 Å². The number of halogens is 3. The Morgan fingerprint density at radius 2 is 1.83 bits per heavy atom. The molecule has 0 spiro atoms. The predicted octanol–water partition coefficient (Wildman–Crippen LogP) is 0.854. The number of anilines is 1. The lowest BCUT2D eigenvalue weighted by atomic mass is 10.2. The van der Waals surface area contributed by atoms with E-state index in [0.717, 1.165) is 22.7 Å². The van der Waals surface area contributed by atoms with Gasteiger partial charge >= 0.3 is 11.8 Å². The van der Waals surface area contributed by atoms with Gasteiger partial charge in [0.2, 0.25) is 5.91 Å². The highest BCUT2D eigenvalue weighted by Gasteiger charge is 2.29. The first-order chi connectivity index (χ1) is 11.3. The number of thioether (sulfide) groups is 1. The van der Waals surface area contributed by atoms with Crippen molar-refractivity contribution in [3.63, 3.8) is 0 Å². The van der Waals surface area contributed by atoms with Gasteiger partial charge in [-0.05, 0) is 12.1 Å². The number of hydrogen-bond acceptors (Lipinski definition) is 5. The standard InChI is InChI=1S/C13H10F3N3O4S/c14-6-1-2-7(10(16)9(6)15)18-12(22)11(21)17-3-4-19-8(20)5-24-13(19)23/h1-2H,3-5H2,(H,17,21)(H,18,22). The van der Waals surface area contributed by atoms with Crippen LogP contribution < -0.4 is 10.6 Å². The number of imide groups is 1. The lowest BCUT2D eigenvalue weighted by molar-refractivity contribution is -0.136. The van der Waals surface area contributed by atoms with Crippen LogP contribution in [0.25, 0.3) is 0 Å². The van der Waals surface area contributed by atoms with Crippen molar-refractivity contribution in [1.82, 2.24) is 10.2 Å². The number of benzene rings is 1. The van der Waals surface area contributed by atoms with Crippen LogP contribution in [0.15, 0.2) is 12.1 Å². The Balaban J connectivity index is 1.87. The summed E-state index contributed by atoms with van der Waals surface area (Å²) in [6, 6.07) is 1.35. The van der Waals surface area contributed by atoms with Crippen LogP contribution in [0.1, 0.15) is 0 Å². The fraction of sp³-hybridized carbons (Fsp3) is 0.231. The molecule has 11 heteroatoms. The summed E-state index contributed by atoms with van der Waals surface area (Å²) < 4.78 is 39.2. The van der Waals surface area contributed by atoms with Gasteiger partial charge in [-0.2, -0.15) is 0 Å². The first-order valence-corrected chi connectivity index (χ1v) is 7.49. The molecule has 2 N–H and O–H groups in total. The molecule has 0 saturated carbocycles. The fourth-order valence-electron chi connectivity index (χ4n) is 1.76. The van der Waals surface area contributed by atoms with Crippen LogP contribution in [-0.2, 0) is 14.4 Å². The molecule has 2 rings (SSSR count). The average Bonchev–Trinajstić information content (AvgIpc) is 2.87. The van der Waals surface area contributed by atoms with Gasteiger partial charge in [0.1, 0.15) is 0 Å². The maximum absolute atomic E-state index is 13.4. The van der Waals surface area contributed by atoms with Crippen molar-refractivity contribution < 1.29 is 32.3 Å². The molecule has 1 aromatic rings. The minimum absolute atomic E-state index is 0.0165. The van der Waals surface area contributed by atoms with E-state index in [1.807, 2.05) is 0 Å². The Hall–Kier alpha value is -2.56. The maximum atomic E-state index is 13.4. The highest BCUT2D eigenvalue weighted by Crippen LogP contribution is 2.19. The molecule has 0 aromatic heterocycles. The molecule has 0 unspecified atom stereocenters. The summed E-state index contributed by atoms with van der Waals surface area (Å²) >= 11 is 0.822. The summed E-state index contributed by atoms with van der Waals surface area (Å²) in [7, 11) is 0. The molecule has 0 aliphatic carbocycles. The Morgan fingerprint density at radius 1 is 1.12 bits per heavy atom. The summed E-state index contributed by atoms with van der Waals surface area (Å²) in [6.07, 6.45) is 0. The summed E-state index contributed by atoms with van der Waals surface area (Å²) in [5, 5.41) is 3.45. The second kappa shape index (κ2) is 7.34. The zero-order valence-corrected chi connectivity index (χ0v) is 12.7. The normalized spacial score (nSPS) is 14.0. The Labute approximate surface area is 137 Å². The van der Waals surface area contributed by atoms with Crippen LogP contribution >= 0.6 is 11.8 Å². The Bertz CT molecular complexity index is 713. The molecule has 0 radical (unpaired) electrons. The molecule has 1 aliphatic heterocycles. The number of rotatable bonds is 4. The van der Waals surface area contributed by atoms with Gasteiger partial charge in [-0.25, -0.2) is 13.2 Å². The number of hydrogen-bond donors (Lipinski definition) is 2. The molecular weight excluding hydrogens is 351 g/mol. The van der Waals surface area contributed by atoms with E-state index in [-0.39, 0.29) is 18.8 Å². The fourth-order valence-corrected chi connectivity index (χ4v) is 2.51. The lowest BCUT2D eigenvalue weighted by Crippen LogP contribution is -2.41. The van der Waals surface area contributed by atoms with Crippen LogP contribution in [0.2, 0.25) is 0 Å². The SMILES string of the molecule is O=C(NCCN1C(=O)CSC1=O)C(=O)Nc1ccc(F)c(F)c1F. The highest BCUT2D eigenvalue weighted by atomic mass is 32.2. The summed E-state index contributed by atoms with van der Waals surface area (Å²) in [4.78, 5) is 46.6. The van der Waals surface area contributed by atoms with E-state index in [4.69, 9.17) is 0 Å². The zero-order chi connectivity index (χ0) is 17.9. The molecule has 7 nitrogen and oxygen atoms in total. The predicted molar refractivity (Wildman–Crippen MR) is 77.5 cm³/mol. The highest BCUT2D eigenvalue weighted by molar-refractivity contribution is 8.14. The molecule has 1 heterocycles. The van der Waals surface area contributed by atoms with E-state index in [2.05, 4.69) is 5.32 Å². The van der Waals surface area contributed by atoms with Gasteiger partial charge in [-0.3, -0.25) is 24.1 Å². The van der Waals surface area contributed by atoms with Crippen molar-refractivity contribution in [2.75, 3.05) is 24.2 Å². The van der Waals surface area contributed by atoms with Crippen molar-refractivity contribution >= 4 is 40.4 Å². The van der Waals surface area contributed by atoms with Gasteiger partial charge in [0.25, 0.3) is 5.24 Å². The first kappa shape index (κ1) is 17.8. The molecule has 128 valence electrons. The van der Waals surface area contributed by atoms with E-state index in [1.165, 1.54) is 0 Å². The Morgan fingerprint density at radius 3 is 2.46 bits per heavy atom. The summed E-state index contributed by atoms with van der Waals surface area (Å²) in [6.45, 7) is -0.312. The van der Waals surface area contributed by atoms with Crippen LogP contribution in [0, 0.1) is 17.5 Å². The second-order valence-electron chi connectivity index (χ2n) is 4.53. The molecule has 1 fully saturated rings. The lowest BCUT2D eigenvalue weighted by Gasteiger charge is -2.13. The molecule has 1 saturated heterocycles. The first-order valence-electron chi connectivity index (χ1n) is 6.51. The number of nitrogens with zero attached hydrogens (tertiary/aromatic N) is 1. The molecule has 0 atom stereocenters. The summed E-state index contributed by atoms with van der Waals surface area (Å²) in [5.41, 5.74) is -0.699. The zero-order valence-electron chi connectivity index (χ0n) is 11.9. The Kier molecular flexibility index (Phi) is 5.44. The molecule has 1 aliphatic rings. The van der Waals surface area contributed by atoms with Gasteiger partial charge in [0, 0.05) is 13.1 Å². The van der Waals surface area contributed by atoms with Gasteiger partial charge in [-0.1, -0.05) is 11.8 Å². The van der Waals surface area contributed by atoms with Crippen LogP contribution in [0.4, 0.5) is 23.7 Å². The van der Waals surface area contributed by atoms with Gasteiger partial charge < -0.3 is 10.6 Å². The third-order valence-electron chi connectivity index (χ3n) is 2.95. The number of carbonyl (C=O) groups is 4. The number of carbonyl (C=O) groups excluding carboxylic acids is 4. The smallest absolute Gasteiger partial charge is 0.313 e. The van der Waals surface area contributed by atoms with E-state index >= 15 is 0 Å². The topological polar surface area (TPSA) is 95.6 Å².